The number of benzene rings is 1. The van der Waals surface area contributed by atoms with E-state index >= 15 is 0 Å². The Morgan fingerprint density at radius 2 is 2.00 bits per heavy atom. The zero-order valence-corrected chi connectivity index (χ0v) is 9.56. The molecule has 4 heteroatoms. The standard InChI is InChI=1S/C12H16N2O2/c1-11(2)7-12(13,8-11)9-4-3-5-10(6-9)14(15)16/h3-6H,7-8,13H2,1-2H3. The molecule has 0 radical (unpaired) electrons. The average molecular weight is 220 g/mol. The lowest BCUT2D eigenvalue weighted by Crippen LogP contribution is -2.53. The first-order chi connectivity index (χ1) is 7.32. The minimum atomic E-state index is -0.379. The Labute approximate surface area is 94.6 Å². The Hall–Kier alpha value is -1.42. The fraction of sp³-hybridized carbons (Fsp3) is 0.500. The van der Waals surface area contributed by atoms with Crippen molar-refractivity contribution in [3.63, 3.8) is 0 Å². The minimum absolute atomic E-state index is 0.118. The monoisotopic (exact) mass is 220 g/mol. The van der Waals surface area contributed by atoms with Crippen LogP contribution in [0, 0.1) is 15.5 Å². The van der Waals surface area contributed by atoms with Gasteiger partial charge >= 0.3 is 0 Å². The third-order valence-corrected chi connectivity index (χ3v) is 3.22. The topological polar surface area (TPSA) is 69.2 Å². The van der Waals surface area contributed by atoms with Crippen molar-refractivity contribution in [1.82, 2.24) is 0 Å². The fourth-order valence-electron chi connectivity index (χ4n) is 2.79. The number of hydrogen-bond acceptors (Lipinski definition) is 3. The molecule has 1 fully saturated rings. The van der Waals surface area contributed by atoms with Crippen LogP contribution in [0.1, 0.15) is 32.3 Å². The van der Waals surface area contributed by atoms with Crippen molar-refractivity contribution in [3.05, 3.63) is 39.9 Å². The van der Waals surface area contributed by atoms with Crippen molar-refractivity contribution in [2.45, 2.75) is 32.2 Å². The van der Waals surface area contributed by atoms with Crippen LogP contribution in [-0.2, 0) is 5.54 Å². The van der Waals surface area contributed by atoms with E-state index < -0.39 is 0 Å². The smallest absolute Gasteiger partial charge is 0.269 e. The molecule has 0 spiro atoms. The van der Waals surface area contributed by atoms with Crippen LogP contribution < -0.4 is 5.73 Å². The SMILES string of the molecule is CC1(C)CC(N)(c2cccc([N+](=O)[O-])c2)C1. The molecule has 1 aliphatic rings. The number of nitro benzene ring substituents is 1. The highest BCUT2D eigenvalue weighted by Crippen LogP contribution is 2.52. The summed E-state index contributed by atoms with van der Waals surface area (Å²) in [4.78, 5) is 10.3. The lowest BCUT2D eigenvalue weighted by Gasteiger charge is -2.51. The van der Waals surface area contributed by atoms with Gasteiger partial charge in [0.25, 0.3) is 5.69 Å². The van der Waals surface area contributed by atoms with E-state index in [9.17, 15) is 10.1 Å². The zero-order valence-electron chi connectivity index (χ0n) is 9.56. The van der Waals surface area contributed by atoms with Gasteiger partial charge in [-0.05, 0) is 23.8 Å². The molecule has 86 valence electrons. The van der Waals surface area contributed by atoms with Crippen LogP contribution in [0.5, 0.6) is 0 Å². The van der Waals surface area contributed by atoms with E-state index in [1.54, 1.807) is 12.1 Å². The van der Waals surface area contributed by atoms with E-state index in [0.717, 1.165) is 18.4 Å². The summed E-state index contributed by atoms with van der Waals surface area (Å²) in [7, 11) is 0. The molecule has 1 aromatic rings. The first kappa shape index (κ1) is 11.1. The third kappa shape index (κ3) is 1.80. The fourth-order valence-corrected chi connectivity index (χ4v) is 2.79. The number of non-ortho nitro benzene ring substituents is 1. The van der Waals surface area contributed by atoms with Gasteiger partial charge in [-0.25, -0.2) is 0 Å². The second kappa shape index (κ2) is 3.28. The molecule has 0 bridgehead atoms. The number of nitrogens with two attached hydrogens (primary N) is 1. The Balaban J connectivity index is 2.29. The van der Waals surface area contributed by atoms with Crippen LogP contribution in [0.3, 0.4) is 0 Å². The summed E-state index contributed by atoms with van der Waals surface area (Å²) in [5.74, 6) is 0. The number of hydrogen-bond donors (Lipinski definition) is 1. The van der Waals surface area contributed by atoms with Gasteiger partial charge in [-0.15, -0.1) is 0 Å². The molecule has 0 aromatic heterocycles. The molecule has 16 heavy (non-hydrogen) atoms. The molecule has 4 nitrogen and oxygen atoms in total. The van der Waals surface area contributed by atoms with Crippen molar-refractivity contribution in [2.24, 2.45) is 11.1 Å². The molecule has 0 heterocycles. The number of rotatable bonds is 2. The van der Waals surface area contributed by atoms with Crippen LogP contribution in [0.15, 0.2) is 24.3 Å². The van der Waals surface area contributed by atoms with Crippen molar-refractivity contribution >= 4 is 5.69 Å². The van der Waals surface area contributed by atoms with Gasteiger partial charge in [-0.1, -0.05) is 26.0 Å². The highest BCUT2D eigenvalue weighted by molar-refractivity contribution is 5.39. The summed E-state index contributed by atoms with van der Waals surface area (Å²) < 4.78 is 0. The predicted octanol–water partition coefficient (Wildman–Crippen LogP) is 2.57. The molecule has 2 rings (SSSR count). The van der Waals surface area contributed by atoms with E-state index in [-0.39, 0.29) is 21.6 Å². The zero-order chi connectivity index (χ0) is 12.0. The molecule has 1 aliphatic carbocycles. The maximum atomic E-state index is 10.7. The quantitative estimate of drug-likeness (QED) is 0.615. The van der Waals surface area contributed by atoms with E-state index in [1.165, 1.54) is 6.07 Å². The number of nitrogens with zero attached hydrogens (tertiary/aromatic N) is 1. The van der Waals surface area contributed by atoms with E-state index in [2.05, 4.69) is 13.8 Å². The Bertz CT molecular complexity index is 432. The highest BCUT2D eigenvalue weighted by Gasteiger charge is 2.47. The van der Waals surface area contributed by atoms with Gasteiger partial charge in [0.1, 0.15) is 0 Å². The average Bonchev–Trinajstić information content (AvgIpc) is 2.15. The van der Waals surface area contributed by atoms with Crippen LogP contribution in [-0.4, -0.2) is 4.92 Å². The van der Waals surface area contributed by atoms with Crippen molar-refractivity contribution in [2.75, 3.05) is 0 Å². The normalized spacial score (nSPS) is 21.2. The Kier molecular flexibility index (Phi) is 2.27. The van der Waals surface area contributed by atoms with E-state index in [1.807, 2.05) is 6.07 Å². The Morgan fingerprint density at radius 3 is 2.50 bits per heavy atom. The predicted molar refractivity (Wildman–Crippen MR) is 62.0 cm³/mol. The van der Waals surface area contributed by atoms with Gasteiger partial charge in [0.15, 0.2) is 0 Å². The lowest BCUT2D eigenvalue weighted by molar-refractivity contribution is -0.385. The van der Waals surface area contributed by atoms with Crippen molar-refractivity contribution < 1.29 is 4.92 Å². The van der Waals surface area contributed by atoms with Crippen LogP contribution in [0.25, 0.3) is 0 Å². The molecule has 1 saturated carbocycles. The van der Waals surface area contributed by atoms with Crippen molar-refractivity contribution in [1.29, 1.82) is 0 Å². The van der Waals surface area contributed by atoms with Gasteiger partial charge in [0, 0.05) is 17.7 Å². The van der Waals surface area contributed by atoms with Crippen LogP contribution >= 0.6 is 0 Å². The molecule has 0 atom stereocenters. The summed E-state index contributed by atoms with van der Waals surface area (Å²) >= 11 is 0. The van der Waals surface area contributed by atoms with Gasteiger partial charge in [-0.3, -0.25) is 10.1 Å². The third-order valence-electron chi connectivity index (χ3n) is 3.22. The van der Waals surface area contributed by atoms with Crippen molar-refractivity contribution in [3.8, 4) is 0 Å². The van der Waals surface area contributed by atoms with Gasteiger partial charge < -0.3 is 5.73 Å². The van der Waals surface area contributed by atoms with Gasteiger partial charge in [0.05, 0.1) is 4.92 Å². The lowest BCUT2D eigenvalue weighted by atomic mass is 9.57. The summed E-state index contributed by atoms with van der Waals surface area (Å²) in [5, 5.41) is 10.7. The molecular weight excluding hydrogens is 204 g/mol. The van der Waals surface area contributed by atoms with E-state index in [4.69, 9.17) is 5.73 Å². The molecule has 0 amide bonds. The first-order valence-electron chi connectivity index (χ1n) is 5.36. The molecule has 1 aromatic carbocycles. The second-order valence-corrected chi connectivity index (χ2v) is 5.48. The maximum Gasteiger partial charge on any atom is 0.269 e. The molecule has 2 N–H and O–H groups in total. The van der Waals surface area contributed by atoms with Crippen LogP contribution in [0.2, 0.25) is 0 Å². The Morgan fingerprint density at radius 1 is 1.38 bits per heavy atom. The molecular formula is C12H16N2O2. The van der Waals surface area contributed by atoms with Gasteiger partial charge in [0.2, 0.25) is 0 Å². The molecule has 0 saturated heterocycles. The minimum Gasteiger partial charge on any atom is -0.321 e. The molecule has 0 aliphatic heterocycles. The summed E-state index contributed by atoms with van der Waals surface area (Å²) in [6.07, 6.45) is 1.75. The highest BCUT2D eigenvalue weighted by atomic mass is 16.6. The first-order valence-corrected chi connectivity index (χ1v) is 5.36. The summed E-state index contributed by atoms with van der Waals surface area (Å²) in [6, 6.07) is 6.67. The van der Waals surface area contributed by atoms with E-state index in [0.29, 0.717) is 0 Å². The summed E-state index contributed by atoms with van der Waals surface area (Å²) in [5.41, 5.74) is 7.11. The summed E-state index contributed by atoms with van der Waals surface area (Å²) in [6.45, 7) is 4.32. The second-order valence-electron chi connectivity index (χ2n) is 5.48. The maximum absolute atomic E-state index is 10.7. The van der Waals surface area contributed by atoms with Crippen LogP contribution in [0.4, 0.5) is 5.69 Å². The number of nitro groups is 1. The van der Waals surface area contributed by atoms with Gasteiger partial charge in [-0.2, -0.15) is 0 Å². The largest absolute Gasteiger partial charge is 0.321 e. The molecule has 0 unspecified atom stereocenters.